The molecule has 0 spiro atoms. The molecule has 2 rings (SSSR count). The SMILES string of the molecule is Cc1ccc(C(=O)N2CC(C)C(C(=O)O)C2)o1. The number of nitrogens with zero attached hydrogens (tertiary/aromatic N) is 1. The van der Waals surface area contributed by atoms with Crippen molar-refractivity contribution in [2.45, 2.75) is 13.8 Å². The normalized spacial score (nSPS) is 24.0. The van der Waals surface area contributed by atoms with Gasteiger partial charge in [-0.3, -0.25) is 9.59 Å². The summed E-state index contributed by atoms with van der Waals surface area (Å²) in [5.41, 5.74) is 0. The van der Waals surface area contributed by atoms with Gasteiger partial charge in [-0.05, 0) is 25.0 Å². The molecule has 0 bridgehead atoms. The summed E-state index contributed by atoms with van der Waals surface area (Å²) in [4.78, 5) is 24.5. The van der Waals surface area contributed by atoms with Crippen LogP contribution in [-0.4, -0.2) is 35.0 Å². The van der Waals surface area contributed by atoms with Gasteiger partial charge in [0, 0.05) is 13.1 Å². The van der Waals surface area contributed by atoms with Gasteiger partial charge in [0.05, 0.1) is 5.92 Å². The monoisotopic (exact) mass is 237 g/mol. The molecule has 2 atom stereocenters. The molecular weight excluding hydrogens is 222 g/mol. The van der Waals surface area contributed by atoms with Gasteiger partial charge < -0.3 is 14.4 Å². The number of amides is 1. The summed E-state index contributed by atoms with van der Waals surface area (Å²) in [6.45, 7) is 4.34. The molecule has 1 saturated heterocycles. The fraction of sp³-hybridized carbons (Fsp3) is 0.500. The van der Waals surface area contributed by atoms with E-state index in [-0.39, 0.29) is 24.1 Å². The largest absolute Gasteiger partial charge is 0.481 e. The Balaban J connectivity index is 2.10. The molecule has 2 heterocycles. The number of aliphatic carboxylic acids is 1. The van der Waals surface area contributed by atoms with Crippen LogP contribution >= 0.6 is 0 Å². The van der Waals surface area contributed by atoms with Crippen molar-refractivity contribution in [1.29, 1.82) is 0 Å². The zero-order valence-corrected chi connectivity index (χ0v) is 9.84. The smallest absolute Gasteiger partial charge is 0.308 e. The number of carboxylic acids is 1. The lowest BCUT2D eigenvalue weighted by Gasteiger charge is -2.13. The van der Waals surface area contributed by atoms with E-state index in [1.807, 2.05) is 6.92 Å². The van der Waals surface area contributed by atoms with Crippen molar-refractivity contribution in [3.05, 3.63) is 23.7 Å². The van der Waals surface area contributed by atoms with E-state index in [0.29, 0.717) is 12.3 Å². The number of carboxylic acid groups (broad SMARTS) is 1. The van der Waals surface area contributed by atoms with E-state index < -0.39 is 11.9 Å². The van der Waals surface area contributed by atoms with E-state index in [0.717, 1.165) is 0 Å². The van der Waals surface area contributed by atoms with Crippen LogP contribution in [0, 0.1) is 18.8 Å². The quantitative estimate of drug-likeness (QED) is 0.843. The highest BCUT2D eigenvalue weighted by molar-refractivity contribution is 5.92. The van der Waals surface area contributed by atoms with Gasteiger partial charge in [-0.2, -0.15) is 0 Å². The van der Waals surface area contributed by atoms with Crippen LogP contribution in [-0.2, 0) is 4.79 Å². The van der Waals surface area contributed by atoms with Crippen molar-refractivity contribution in [2.75, 3.05) is 13.1 Å². The first kappa shape index (κ1) is 11.7. The van der Waals surface area contributed by atoms with Crippen LogP contribution in [0.25, 0.3) is 0 Å². The third-order valence-electron chi connectivity index (χ3n) is 3.17. The van der Waals surface area contributed by atoms with Crippen LogP contribution < -0.4 is 0 Å². The lowest BCUT2D eigenvalue weighted by atomic mass is 9.99. The number of carbonyl (C=O) groups is 2. The molecule has 1 amide bonds. The zero-order chi connectivity index (χ0) is 12.6. The standard InChI is InChI=1S/C12H15NO4/c1-7-5-13(6-9(7)12(15)16)11(14)10-4-3-8(2)17-10/h3-4,7,9H,5-6H2,1-2H3,(H,15,16). The van der Waals surface area contributed by atoms with Gasteiger partial charge in [0.25, 0.3) is 5.91 Å². The Morgan fingerprint density at radius 3 is 2.59 bits per heavy atom. The first-order valence-corrected chi connectivity index (χ1v) is 5.57. The fourth-order valence-electron chi connectivity index (χ4n) is 2.16. The van der Waals surface area contributed by atoms with E-state index in [4.69, 9.17) is 9.52 Å². The molecule has 0 radical (unpaired) electrons. The molecule has 1 aromatic rings. The average Bonchev–Trinajstić information content (AvgIpc) is 2.83. The minimum absolute atomic E-state index is 0.0208. The van der Waals surface area contributed by atoms with Crippen molar-refractivity contribution in [3.63, 3.8) is 0 Å². The Labute approximate surface area is 99.0 Å². The maximum absolute atomic E-state index is 12.0. The van der Waals surface area contributed by atoms with Crippen LogP contribution in [0.15, 0.2) is 16.5 Å². The average molecular weight is 237 g/mol. The topological polar surface area (TPSA) is 70.8 Å². The maximum atomic E-state index is 12.0. The molecule has 1 N–H and O–H groups in total. The number of hydrogen-bond acceptors (Lipinski definition) is 3. The summed E-state index contributed by atoms with van der Waals surface area (Å²) in [5.74, 6) is -0.615. The summed E-state index contributed by atoms with van der Waals surface area (Å²) in [7, 11) is 0. The maximum Gasteiger partial charge on any atom is 0.308 e. The molecule has 0 aromatic carbocycles. The van der Waals surface area contributed by atoms with Gasteiger partial charge in [0.2, 0.25) is 0 Å². The fourth-order valence-corrected chi connectivity index (χ4v) is 2.16. The van der Waals surface area contributed by atoms with E-state index >= 15 is 0 Å². The Morgan fingerprint density at radius 2 is 2.12 bits per heavy atom. The highest BCUT2D eigenvalue weighted by Gasteiger charge is 2.37. The third kappa shape index (κ3) is 2.18. The predicted octanol–water partition coefficient (Wildman–Crippen LogP) is 1.38. The zero-order valence-electron chi connectivity index (χ0n) is 9.84. The molecule has 5 heteroatoms. The van der Waals surface area contributed by atoms with Gasteiger partial charge in [-0.15, -0.1) is 0 Å². The second-order valence-electron chi connectivity index (χ2n) is 4.54. The Bertz CT molecular complexity index is 451. The minimum atomic E-state index is -0.844. The molecular formula is C12H15NO4. The first-order valence-electron chi connectivity index (χ1n) is 5.57. The van der Waals surface area contributed by atoms with Gasteiger partial charge in [-0.1, -0.05) is 6.92 Å². The molecule has 2 unspecified atom stereocenters. The van der Waals surface area contributed by atoms with Crippen LogP contribution in [0.4, 0.5) is 0 Å². The Morgan fingerprint density at radius 1 is 1.41 bits per heavy atom. The molecule has 17 heavy (non-hydrogen) atoms. The molecule has 1 aliphatic heterocycles. The van der Waals surface area contributed by atoms with Crippen molar-refractivity contribution in [3.8, 4) is 0 Å². The lowest BCUT2D eigenvalue weighted by molar-refractivity contribution is -0.142. The molecule has 0 aliphatic carbocycles. The minimum Gasteiger partial charge on any atom is -0.481 e. The number of rotatable bonds is 2. The van der Waals surface area contributed by atoms with Gasteiger partial charge in [0.1, 0.15) is 5.76 Å². The summed E-state index contributed by atoms with van der Waals surface area (Å²) >= 11 is 0. The first-order chi connectivity index (χ1) is 7.99. The highest BCUT2D eigenvalue weighted by Crippen LogP contribution is 2.25. The molecule has 1 aromatic heterocycles. The summed E-state index contributed by atoms with van der Waals surface area (Å²) < 4.78 is 5.25. The van der Waals surface area contributed by atoms with E-state index in [2.05, 4.69) is 0 Å². The van der Waals surface area contributed by atoms with Crippen molar-refractivity contribution in [2.24, 2.45) is 11.8 Å². The predicted molar refractivity (Wildman–Crippen MR) is 59.6 cm³/mol. The van der Waals surface area contributed by atoms with Crippen LogP contribution in [0.2, 0.25) is 0 Å². The summed E-state index contributed by atoms with van der Waals surface area (Å²) in [5, 5.41) is 9.00. The Kier molecular flexibility index (Phi) is 2.92. The second-order valence-corrected chi connectivity index (χ2v) is 4.54. The third-order valence-corrected chi connectivity index (χ3v) is 3.17. The number of carbonyl (C=O) groups excluding carboxylic acids is 1. The van der Waals surface area contributed by atoms with Gasteiger partial charge >= 0.3 is 5.97 Å². The summed E-state index contributed by atoms with van der Waals surface area (Å²) in [6, 6.07) is 3.35. The van der Waals surface area contributed by atoms with Crippen LogP contribution in [0.5, 0.6) is 0 Å². The Hall–Kier alpha value is -1.78. The van der Waals surface area contributed by atoms with Gasteiger partial charge in [-0.25, -0.2) is 0 Å². The molecule has 1 aliphatic rings. The molecule has 0 saturated carbocycles. The highest BCUT2D eigenvalue weighted by atomic mass is 16.4. The van der Waals surface area contributed by atoms with Crippen molar-refractivity contribution < 1.29 is 19.1 Å². The van der Waals surface area contributed by atoms with Crippen LogP contribution in [0.1, 0.15) is 23.2 Å². The lowest BCUT2D eigenvalue weighted by Crippen LogP contribution is -2.29. The van der Waals surface area contributed by atoms with Crippen molar-refractivity contribution >= 4 is 11.9 Å². The molecule has 5 nitrogen and oxygen atoms in total. The van der Waals surface area contributed by atoms with Crippen molar-refractivity contribution in [1.82, 2.24) is 4.90 Å². The summed E-state index contributed by atoms with van der Waals surface area (Å²) in [6.07, 6.45) is 0. The molecule has 92 valence electrons. The number of aryl methyl sites for hydroxylation is 1. The van der Waals surface area contributed by atoms with E-state index in [9.17, 15) is 9.59 Å². The second kappa shape index (κ2) is 4.24. The number of hydrogen-bond donors (Lipinski definition) is 1. The molecule has 1 fully saturated rings. The van der Waals surface area contributed by atoms with E-state index in [1.165, 1.54) is 0 Å². The van der Waals surface area contributed by atoms with Crippen LogP contribution in [0.3, 0.4) is 0 Å². The van der Waals surface area contributed by atoms with E-state index in [1.54, 1.807) is 24.0 Å². The van der Waals surface area contributed by atoms with Gasteiger partial charge in [0.15, 0.2) is 5.76 Å². The number of likely N-dealkylation sites (tertiary alicyclic amines) is 1. The number of furan rings is 1.